The Bertz CT molecular complexity index is 905. The molecule has 1 aliphatic heterocycles. The van der Waals surface area contributed by atoms with Crippen LogP contribution < -0.4 is 5.32 Å². The molecule has 0 spiro atoms. The highest BCUT2D eigenvalue weighted by Crippen LogP contribution is 2.33. The van der Waals surface area contributed by atoms with E-state index in [1.54, 1.807) is 12.4 Å². The van der Waals surface area contributed by atoms with Crippen LogP contribution in [-0.4, -0.2) is 38.4 Å². The molecule has 0 saturated carbocycles. The minimum atomic E-state index is -0.0101. The van der Waals surface area contributed by atoms with Crippen LogP contribution in [0.25, 0.3) is 11.0 Å². The number of hydrogen-bond donors (Lipinski definition) is 1. The minimum absolute atomic E-state index is 0.0101. The lowest BCUT2D eigenvalue weighted by Crippen LogP contribution is -2.34. The molecule has 0 radical (unpaired) electrons. The number of benzene rings is 1. The summed E-state index contributed by atoms with van der Waals surface area (Å²) in [7, 11) is 0. The first-order chi connectivity index (χ1) is 12.8. The second kappa shape index (κ2) is 7.25. The van der Waals surface area contributed by atoms with Crippen LogP contribution in [0.1, 0.15) is 31.6 Å². The highest BCUT2D eigenvalue weighted by atomic mass is 16.2. The molecule has 26 heavy (non-hydrogen) atoms. The molecule has 6 nitrogen and oxygen atoms in total. The van der Waals surface area contributed by atoms with Crippen LogP contribution in [0.4, 0.5) is 5.69 Å². The molecule has 1 unspecified atom stereocenters. The van der Waals surface area contributed by atoms with Crippen molar-refractivity contribution in [2.24, 2.45) is 0 Å². The van der Waals surface area contributed by atoms with Crippen LogP contribution >= 0.6 is 0 Å². The molecule has 3 heterocycles. The van der Waals surface area contributed by atoms with Gasteiger partial charge in [-0.15, -0.1) is 0 Å². The van der Waals surface area contributed by atoms with Crippen molar-refractivity contribution < 1.29 is 4.79 Å². The number of nitrogens with zero attached hydrogens (tertiary/aromatic N) is 4. The predicted octanol–water partition coefficient (Wildman–Crippen LogP) is 3.23. The van der Waals surface area contributed by atoms with E-state index in [2.05, 4.69) is 38.8 Å². The number of hydrogen-bond acceptors (Lipinski definition) is 4. The van der Waals surface area contributed by atoms with E-state index in [0.717, 1.165) is 48.5 Å². The van der Waals surface area contributed by atoms with E-state index in [9.17, 15) is 4.79 Å². The van der Waals surface area contributed by atoms with Crippen LogP contribution in [0.2, 0.25) is 0 Å². The molecule has 1 amide bonds. The van der Waals surface area contributed by atoms with Crippen molar-refractivity contribution in [2.75, 3.05) is 18.4 Å². The second-order valence-electron chi connectivity index (χ2n) is 6.62. The average Bonchev–Trinajstić information content (AvgIpc) is 3.25. The molecule has 1 aliphatic rings. The lowest BCUT2D eigenvalue weighted by Gasteiger charge is -2.24. The largest absolute Gasteiger partial charge is 0.327 e. The number of para-hydroxylation sites is 2. The van der Waals surface area contributed by atoms with E-state index in [1.165, 1.54) is 0 Å². The molecule has 1 aromatic carbocycles. The first-order valence-electron chi connectivity index (χ1n) is 9.15. The van der Waals surface area contributed by atoms with Crippen molar-refractivity contribution in [1.29, 1.82) is 0 Å². The van der Waals surface area contributed by atoms with Crippen LogP contribution in [0, 0.1) is 0 Å². The molecule has 1 atom stereocenters. The fraction of sp³-hybridized carbons (Fsp3) is 0.350. The highest BCUT2D eigenvalue weighted by molar-refractivity contribution is 5.92. The third-order valence-corrected chi connectivity index (χ3v) is 4.95. The van der Waals surface area contributed by atoms with Crippen LogP contribution in [0.15, 0.2) is 48.8 Å². The van der Waals surface area contributed by atoms with E-state index >= 15 is 0 Å². The summed E-state index contributed by atoms with van der Waals surface area (Å²) in [6.07, 6.45) is 5.47. The van der Waals surface area contributed by atoms with Gasteiger partial charge in [0.05, 0.1) is 35.5 Å². The Morgan fingerprint density at radius 2 is 2.15 bits per heavy atom. The molecular weight excluding hydrogens is 326 g/mol. The van der Waals surface area contributed by atoms with Crippen molar-refractivity contribution in [2.45, 2.75) is 32.4 Å². The molecule has 0 bridgehead atoms. The number of rotatable bonds is 5. The third kappa shape index (κ3) is 3.20. The zero-order chi connectivity index (χ0) is 17.9. The van der Waals surface area contributed by atoms with Gasteiger partial charge in [0, 0.05) is 12.7 Å². The molecule has 2 aromatic heterocycles. The minimum Gasteiger partial charge on any atom is -0.327 e. The molecule has 3 aromatic rings. The first kappa shape index (κ1) is 16.7. The van der Waals surface area contributed by atoms with Crippen LogP contribution in [0.3, 0.4) is 0 Å². The van der Waals surface area contributed by atoms with Crippen molar-refractivity contribution >= 4 is 22.6 Å². The van der Waals surface area contributed by atoms with Crippen LogP contribution in [0.5, 0.6) is 0 Å². The summed E-state index contributed by atoms with van der Waals surface area (Å²) in [5.74, 6) is 1.06. The Morgan fingerprint density at radius 1 is 1.27 bits per heavy atom. The van der Waals surface area contributed by atoms with Gasteiger partial charge in [-0.1, -0.05) is 12.1 Å². The summed E-state index contributed by atoms with van der Waals surface area (Å²) in [4.78, 5) is 23.6. The maximum atomic E-state index is 12.5. The standard InChI is InChI=1S/C20H23N5O/c1-2-25-17-9-4-3-8-16(17)23-20(25)18-10-6-12-24(18)14-19(26)22-15-7-5-11-21-13-15/h3-5,7-9,11,13,18H,2,6,10,12,14H2,1H3,(H,22,26). The Labute approximate surface area is 152 Å². The number of aryl methyl sites for hydroxylation is 1. The Hall–Kier alpha value is -2.73. The van der Waals surface area contributed by atoms with Gasteiger partial charge in [0.2, 0.25) is 5.91 Å². The number of nitrogens with one attached hydrogen (secondary N) is 1. The molecule has 1 saturated heterocycles. The van der Waals surface area contributed by atoms with Crippen LogP contribution in [-0.2, 0) is 11.3 Å². The summed E-state index contributed by atoms with van der Waals surface area (Å²) in [5.41, 5.74) is 2.92. The van der Waals surface area contributed by atoms with E-state index in [0.29, 0.717) is 6.54 Å². The van der Waals surface area contributed by atoms with E-state index in [-0.39, 0.29) is 11.9 Å². The smallest absolute Gasteiger partial charge is 0.238 e. The summed E-state index contributed by atoms with van der Waals surface area (Å²) < 4.78 is 2.28. The zero-order valence-electron chi connectivity index (χ0n) is 14.9. The Morgan fingerprint density at radius 3 is 2.96 bits per heavy atom. The first-order valence-corrected chi connectivity index (χ1v) is 9.15. The molecular formula is C20H23N5O. The van der Waals surface area contributed by atoms with Gasteiger partial charge in [0.1, 0.15) is 5.82 Å². The summed E-state index contributed by atoms with van der Waals surface area (Å²) in [6.45, 7) is 4.30. The van der Waals surface area contributed by atoms with Gasteiger partial charge in [-0.05, 0) is 50.6 Å². The van der Waals surface area contributed by atoms with Gasteiger partial charge in [-0.3, -0.25) is 14.7 Å². The maximum absolute atomic E-state index is 12.5. The molecule has 0 aliphatic carbocycles. The molecule has 6 heteroatoms. The number of imidazole rings is 1. The summed E-state index contributed by atoms with van der Waals surface area (Å²) >= 11 is 0. The summed E-state index contributed by atoms with van der Waals surface area (Å²) in [6, 6.07) is 12.1. The predicted molar refractivity (Wildman–Crippen MR) is 102 cm³/mol. The number of pyridine rings is 1. The lowest BCUT2D eigenvalue weighted by atomic mass is 10.2. The lowest BCUT2D eigenvalue weighted by molar-refractivity contribution is -0.117. The quantitative estimate of drug-likeness (QED) is 0.768. The maximum Gasteiger partial charge on any atom is 0.238 e. The van der Waals surface area contributed by atoms with Gasteiger partial charge in [0.15, 0.2) is 0 Å². The van der Waals surface area contributed by atoms with Gasteiger partial charge in [-0.25, -0.2) is 4.98 Å². The molecule has 4 rings (SSSR count). The third-order valence-electron chi connectivity index (χ3n) is 4.95. The van der Waals surface area contributed by atoms with E-state index < -0.39 is 0 Å². The number of aromatic nitrogens is 3. The van der Waals surface area contributed by atoms with E-state index in [4.69, 9.17) is 4.98 Å². The number of carbonyl (C=O) groups is 1. The number of likely N-dealkylation sites (tertiary alicyclic amines) is 1. The molecule has 1 fully saturated rings. The number of amides is 1. The van der Waals surface area contributed by atoms with Crippen molar-refractivity contribution in [3.63, 3.8) is 0 Å². The van der Waals surface area contributed by atoms with Gasteiger partial charge >= 0.3 is 0 Å². The zero-order valence-corrected chi connectivity index (χ0v) is 14.9. The van der Waals surface area contributed by atoms with Gasteiger partial charge in [0.25, 0.3) is 0 Å². The van der Waals surface area contributed by atoms with Gasteiger partial charge in [-0.2, -0.15) is 0 Å². The normalized spacial score (nSPS) is 17.7. The monoisotopic (exact) mass is 349 g/mol. The fourth-order valence-electron chi connectivity index (χ4n) is 3.81. The second-order valence-corrected chi connectivity index (χ2v) is 6.62. The SMILES string of the molecule is CCn1c(C2CCCN2CC(=O)Nc2cccnc2)nc2ccccc21. The van der Waals surface area contributed by atoms with Gasteiger partial charge < -0.3 is 9.88 Å². The van der Waals surface area contributed by atoms with E-state index in [1.807, 2.05) is 24.3 Å². The average molecular weight is 349 g/mol. The molecule has 1 N–H and O–H groups in total. The Balaban J connectivity index is 1.54. The number of fused-ring (bicyclic) bond motifs is 1. The fourth-order valence-corrected chi connectivity index (χ4v) is 3.81. The number of anilines is 1. The Kier molecular flexibility index (Phi) is 4.67. The molecule has 134 valence electrons. The summed E-state index contributed by atoms with van der Waals surface area (Å²) in [5, 5.41) is 2.93. The van der Waals surface area contributed by atoms with Crippen molar-refractivity contribution in [3.05, 3.63) is 54.6 Å². The van der Waals surface area contributed by atoms with Crippen molar-refractivity contribution in [3.8, 4) is 0 Å². The highest BCUT2D eigenvalue weighted by Gasteiger charge is 2.31. The number of carbonyl (C=O) groups excluding carboxylic acids is 1. The van der Waals surface area contributed by atoms with Crippen molar-refractivity contribution in [1.82, 2.24) is 19.4 Å². The topological polar surface area (TPSA) is 63.1 Å².